The first-order chi connectivity index (χ1) is 14.9. The molecule has 0 aromatic heterocycles. The number of sulfonamides is 1. The van der Waals surface area contributed by atoms with Gasteiger partial charge in [-0.05, 0) is 48.5 Å². The maximum absolute atomic E-state index is 12.9. The van der Waals surface area contributed by atoms with Gasteiger partial charge in [0.15, 0.2) is 0 Å². The third kappa shape index (κ3) is 4.94. The number of rotatable bonds is 7. The normalized spacial score (nSPS) is 10.6. The van der Waals surface area contributed by atoms with Gasteiger partial charge in [0.05, 0.1) is 47.7 Å². The van der Waals surface area contributed by atoms with E-state index in [4.69, 9.17) is 14.7 Å². The van der Waals surface area contributed by atoms with E-state index in [2.05, 4.69) is 10.0 Å². The number of hydrogen-bond donors (Lipinski definition) is 2. The minimum atomic E-state index is -3.97. The molecule has 0 unspecified atom stereocenters. The fourth-order valence-corrected chi connectivity index (χ4v) is 3.85. The van der Waals surface area contributed by atoms with Crippen LogP contribution in [0, 0.1) is 11.3 Å². The van der Waals surface area contributed by atoms with Crippen molar-refractivity contribution in [3.63, 3.8) is 0 Å². The van der Waals surface area contributed by atoms with Crippen LogP contribution in [0.15, 0.2) is 71.6 Å². The molecule has 0 atom stereocenters. The molecule has 2 N–H and O–H groups in total. The number of nitrogens with zero attached hydrogens (tertiary/aromatic N) is 1. The fraction of sp³-hybridized carbons (Fsp3) is 0.0909. The zero-order valence-corrected chi connectivity index (χ0v) is 17.6. The highest BCUT2D eigenvalue weighted by Gasteiger charge is 2.19. The van der Waals surface area contributed by atoms with Crippen LogP contribution in [0.4, 0.5) is 11.4 Å². The summed E-state index contributed by atoms with van der Waals surface area (Å²) in [6, 6.07) is 18.5. The minimum absolute atomic E-state index is 0.0291. The SMILES string of the molecule is COc1ccc(NC(=O)c2ccccc2NS(=O)(=O)c2ccc(C#N)cc2)c(OC)c1. The second-order valence-electron chi connectivity index (χ2n) is 6.31. The first-order valence-electron chi connectivity index (χ1n) is 9.03. The number of benzene rings is 3. The van der Waals surface area contributed by atoms with Crippen molar-refractivity contribution in [1.82, 2.24) is 0 Å². The van der Waals surface area contributed by atoms with E-state index in [0.29, 0.717) is 22.7 Å². The van der Waals surface area contributed by atoms with E-state index in [1.807, 2.05) is 6.07 Å². The van der Waals surface area contributed by atoms with Crippen LogP contribution in [0.25, 0.3) is 0 Å². The van der Waals surface area contributed by atoms with Crippen molar-refractivity contribution >= 4 is 27.3 Å². The Balaban J connectivity index is 1.88. The molecule has 0 radical (unpaired) electrons. The van der Waals surface area contributed by atoms with Crippen LogP contribution in [-0.4, -0.2) is 28.5 Å². The summed E-state index contributed by atoms with van der Waals surface area (Å²) in [5, 5.41) is 11.6. The number of nitrogens with one attached hydrogen (secondary N) is 2. The zero-order valence-electron chi connectivity index (χ0n) is 16.7. The molecule has 0 bridgehead atoms. The van der Waals surface area contributed by atoms with Gasteiger partial charge in [-0.3, -0.25) is 9.52 Å². The fourth-order valence-electron chi connectivity index (χ4n) is 2.77. The molecular formula is C22H19N3O5S. The summed E-state index contributed by atoms with van der Waals surface area (Å²) < 4.78 is 38.4. The van der Waals surface area contributed by atoms with Gasteiger partial charge >= 0.3 is 0 Å². The Morgan fingerprint density at radius 1 is 0.935 bits per heavy atom. The molecule has 158 valence electrons. The Bertz CT molecular complexity index is 1250. The molecule has 1 amide bonds. The van der Waals surface area contributed by atoms with Crippen molar-refractivity contribution in [2.24, 2.45) is 0 Å². The predicted octanol–water partition coefficient (Wildman–Crippen LogP) is 3.63. The maximum atomic E-state index is 12.9. The molecular weight excluding hydrogens is 418 g/mol. The van der Waals surface area contributed by atoms with Crippen molar-refractivity contribution in [3.05, 3.63) is 77.9 Å². The molecule has 3 rings (SSSR count). The van der Waals surface area contributed by atoms with Crippen molar-refractivity contribution in [2.75, 3.05) is 24.3 Å². The number of para-hydroxylation sites is 1. The van der Waals surface area contributed by atoms with E-state index in [1.54, 1.807) is 30.3 Å². The molecule has 0 fully saturated rings. The second-order valence-corrected chi connectivity index (χ2v) is 7.99. The Labute approximate surface area is 180 Å². The van der Waals surface area contributed by atoms with Gasteiger partial charge < -0.3 is 14.8 Å². The lowest BCUT2D eigenvalue weighted by Crippen LogP contribution is -2.19. The number of carbonyl (C=O) groups excluding carboxylic acids is 1. The molecule has 0 aliphatic carbocycles. The monoisotopic (exact) mass is 437 g/mol. The van der Waals surface area contributed by atoms with Crippen LogP contribution in [0.5, 0.6) is 11.5 Å². The van der Waals surface area contributed by atoms with Crippen molar-refractivity contribution in [1.29, 1.82) is 5.26 Å². The number of ether oxygens (including phenoxy) is 2. The average Bonchev–Trinajstić information content (AvgIpc) is 2.79. The third-order valence-electron chi connectivity index (χ3n) is 4.37. The van der Waals surface area contributed by atoms with E-state index in [-0.39, 0.29) is 16.1 Å². The van der Waals surface area contributed by atoms with Crippen LogP contribution in [0.1, 0.15) is 15.9 Å². The van der Waals surface area contributed by atoms with Crippen molar-refractivity contribution in [3.8, 4) is 17.6 Å². The number of amides is 1. The number of hydrogen-bond acceptors (Lipinski definition) is 6. The summed E-state index contributed by atoms with van der Waals surface area (Å²) in [6.45, 7) is 0. The number of nitriles is 1. The highest BCUT2D eigenvalue weighted by Crippen LogP contribution is 2.30. The lowest BCUT2D eigenvalue weighted by atomic mass is 10.1. The molecule has 31 heavy (non-hydrogen) atoms. The number of anilines is 2. The van der Waals surface area contributed by atoms with Crippen LogP contribution < -0.4 is 19.5 Å². The molecule has 0 saturated heterocycles. The summed E-state index contributed by atoms with van der Waals surface area (Å²) in [7, 11) is -0.990. The Hall–Kier alpha value is -4.03. The van der Waals surface area contributed by atoms with Gasteiger partial charge in [0.25, 0.3) is 15.9 Å². The predicted molar refractivity (Wildman–Crippen MR) is 116 cm³/mol. The van der Waals surface area contributed by atoms with Gasteiger partial charge in [0.2, 0.25) is 0 Å². The van der Waals surface area contributed by atoms with Gasteiger partial charge in [-0.15, -0.1) is 0 Å². The Morgan fingerprint density at radius 3 is 2.29 bits per heavy atom. The van der Waals surface area contributed by atoms with Gasteiger partial charge in [-0.1, -0.05) is 12.1 Å². The summed E-state index contributed by atoms with van der Waals surface area (Å²) in [5.41, 5.74) is 0.972. The molecule has 0 heterocycles. The lowest BCUT2D eigenvalue weighted by Gasteiger charge is -2.14. The van der Waals surface area contributed by atoms with Crippen LogP contribution >= 0.6 is 0 Å². The average molecular weight is 437 g/mol. The third-order valence-corrected chi connectivity index (χ3v) is 5.75. The van der Waals surface area contributed by atoms with Crippen molar-refractivity contribution < 1.29 is 22.7 Å². The zero-order chi connectivity index (χ0) is 22.4. The Morgan fingerprint density at radius 2 is 1.65 bits per heavy atom. The quantitative estimate of drug-likeness (QED) is 0.583. The van der Waals surface area contributed by atoms with E-state index in [9.17, 15) is 13.2 Å². The van der Waals surface area contributed by atoms with Gasteiger partial charge in [0.1, 0.15) is 11.5 Å². The molecule has 8 nitrogen and oxygen atoms in total. The maximum Gasteiger partial charge on any atom is 0.261 e. The van der Waals surface area contributed by atoms with Gasteiger partial charge in [-0.25, -0.2) is 8.42 Å². The van der Waals surface area contributed by atoms with E-state index >= 15 is 0 Å². The van der Waals surface area contributed by atoms with E-state index in [0.717, 1.165) is 0 Å². The van der Waals surface area contributed by atoms with Gasteiger partial charge in [-0.2, -0.15) is 5.26 Å². The summed E-state index contributed by atoms with van der Waals surface area (Å²) in [4.78, 5) is 12.9. The molecule has 0 saturated carbocycles. The van der Waals surface area contributed by atoms with Crippen molar-refractivity contribution in [2.45, 2.75) is 4.90 Å². The highest BCUT2D eigenvalue weighted by molar-refractivity contribution is 7.92. The molecule has 3 aromatic carbocycles. The lowest BCUT2D eigenvalue weighted by molar-refractivity contribution is 0.102. The van der Waals surface area contributed by atoms with Gasteiger partial charge in [0, 0.05) is 6.07 Å². The molecule has 3 aromatic rings. The van der Waals surface area contributed by atoms with E-state index in [1.165, 1.54) is 50.6 Å². The molecule has 0 aliphatic heterocycles. The molecule has 0 aliphatic rings. The van der Waals surface area contributed by atoms with E-state index < -0.39 is 15.9 Å². The standard InChI is InChI=1S/C22H19N3O5S/c1-29-16-9-12-20(21(13-16)30-2)24-22(26)18-5-3-4-6-19(18)25-31(27,28)17-10-7-15(14-23)8-11-17/h3-13,25H,1-2H3,(H,24,26). The minimum Gasteiger partial charge on any atom is -0.497 e. The Kier molecular flexibility index (Phi) is 6.43. The smallest absolute Gasteiger partial charge is 0.261 e. The topological polar surface area (TPSA) is 118 Å². The van der Waals surface area contributed by atoms with Crippen LogP contribution in [0.2, 0.25) is 0 Å². The summed E-state index contributed by atoms with van der Waals surface area (Å²) in [6.07, 6.45) is 0. The first-order valence-corrected chi connectivity index (χ1v) is 10.5. The largest absolute Gasteiger partial charge is 0.497 e. The number of carbonyl (C=O) groups is 1. The number of methoxy groups -OCH3 is 2. The van der Waals surface area contributed by atoms with Crippen LogP contribution in [-0.2, 0) is 10.0 Å². The summed E-state index contributed by atoms with van der Waals surface area (Å²) in [5.74, 6) is 0.426. The molecule has 9 heteroatoms. The summed E-state index contributed by atoms with van der Waals surface area (Å²) >= 11 is 0. The highest BCUT2D eigenvalue weighted by atomic mass is 32.2. The first kappa shape index (κ1) is 21.7. The molecule has 0 spiro atoms. The second kappa shape index (κ2) is 9.19. The van der Waals surface area contributed by atoms with Crippen LogP contribution in [0.3, 0.4) is 0 Å².